The number of unbranched alkanes of at least 4 members (excludes halogenated alkanes) is 4. The molecule has 0 heterocycles. The predicted molar refractivity (Wildman–Crippen MR) is 81.6 cm³/mol. The SMILES string of the molecule is CCCCCC(O)CCCCC(CCCC)S(=O)(=O)[O-].[Na+]. The van der Waals surface area contributed by atoms with E-state index < -0.39 is 15.4 Å². The van der Waals surface area contributed by atoms with Gasteiger partial charge in [-0.2, -0.15) is 0 Å². The summed E-state index contributed by atoms with van der Waals surface area (Å²) in [6, 6.07) is 0. The molecule has 0 saturated heterocycles. The van der Waals surface area contributed by atoms with Crippen LogP contribution in [0.3, 0.4) is 0 Å². The van der Waals surface area contributed by atoms with Crippen LogP contribution < -0.4 is 29.6 Å². The zero-order chi connectivity index (χ0) is 15.4. The Hall–Kier alpha value is 0.870. The molecule has 4 nitrogen and oxygen atoms in total. The van der Waals surface area contributed by atoms with Gasteiger partial charge in [-0.3, -0.25) is 0 Å². The fourth-order valence-corrected chi connectivity index (χ4v) is 3.30. The molecule has 0 aliphatic carbocycles. The van der Waals surface area contributed by atoms with Gasteiger partial charge in [0.05, 0.1) is 16.2 Å². The van der Waals surface area contributed by atoms with E-state index in [0.29, 0.717) is 25.7 Å². The normalized spacial score (nSPS) is 14.5. The number of hydrogen-bond acceptors (Lipinski definition) is 4. The summed E-state index contributed by atoms with van der Waals surface area (Å²) < 4.78 is 33.4. The zero-order valence-corrected chi connectivity index (χ0v) is 16.8. The molecule has 1 N–H and O–H groups in total. The maximum absolute atomic E-state index is 11.1. The van der Waals surface area contributed by atoms with E-state index in [1.807, 2.05) is 6.92 Å². The first-order chi connectivity index (χ1) is 9.41. The van der Waals surface area contributed by atoms with E-state index in [2.05, 4.69) is 6.92 Å². The van der Waals surface area contributed by atoms with E-state index in [-0.39, 0.29) is 35.7 Å². The third-order valence-electron chi connectivity index (χ3n) is 3.74. The van der Waals surface area contributed by atoms with Gasteiger partial charge in [0.2, 0.25) is 0 Å². The zero-order valence-electron chi connectivity index (χ0n) is 14.0. The second-order valence-corrected chi connectivity index (χ2v) is 7.34. The van der Waals surface area contributed by atoms with Gasteiger partial charge < -0.3 is 9.66 Å². The average Bonchev–Trinajstić information content (AvgIpc) is 2.36. The van der Waals surface area contributed by atoms with E-state index in [1.165, 1.54) is 0 Å². The van der Waals surface area contributed by atoms with Crippen LogP contribution in [-0.4, -0.2) is 29.4 Å². The fourth-order valence-electron chi connectivity index (χ4n) is 2.39. The third kappa shape index (κ3) is 14.2. The van der Waals surface area contributed by atoms with Crippen molar-refractivity contribution in [2.75, 3.05) is 0 Å². The minimum atomic E-state index is -4.17. The number of aliphatic hydroxyl groups excluding tert-OH is 1. The Bertz CT molecular complexity index is 320. The number of aliphatic hydroxyl groups is 1. The van der Waals surface area contributed by atoms with Crippen molar-refractivity contribution in [3.8, 4) is 0 Å². The molecular weight excluding hydrogens is 299 g/mol. The Morgan fingerprint density at radius 3 is 1.76 bits per heavy atom. The Labute approximate surface area is 153 Å². The van der Waals surface area contributed by atoms with Crippen molar-refractivity contribution in [3.63, 3.8) is 0 Å². The third-order valence-corrected chi connectivity index (χ3v) is 5.03. The quantitative estimate of drug-likeness (QED) is 0.305. The first kappa shape index (κ1) is 24.1. The van der Waals surface area contributed by atoms with Crippen molar-refractivity contribution in [3.05, 3.63) is 0 Å². The van der Waals surface area contributed by atoms with Gasteiger partial charge in [-0.1, -0.05) is 58.8 Å². The van der Waals surface area contributed by atoms with Crippen LogP contribution in [0.5, 0.6) is 0 Å². The van der Waals surface area contributed by atoms with Gasteiger partial charge in [0.1, 0.15) is 0 Å². The minimum Gasteiger partial charge on any atom is -0.748 e. The molecule has 0 radical (unpaired) electrons. The molecule has 0 rings (SSSR count). The van der Waals surface area contributed by atoms with Crippen LogP contribution in [0.4, 0.5) is 0 Å². The van der Waals surface area contributed by atoms with Gasteiger partial charge in [-0.15, -0.1) is 0 Å². The van der Waals surface area contributed by atoms with Crippen molar-refractivity contribution in [2.45, 2.75) is 95.8 Å². The molecule has 0 aromatic rings. The Balaban J connectivity index is 0. The summed E-state index contributed by atoms with van der Waals surface area (Å²) in [6.07, 6.45) is 8.70. The Morgan fingerprint density at radius 1 is 0.857 bits per heavy atom. The summed E-state index contributed by atoms with van der Waals surface area (Å²) >= 11 is 0. The van der Waals surface area contributed by atoms with Crippen LogP contribution in [0.15, 0.2) is 0 Å². The van der Waals surface area contributed by atoms with Crippen molar-refractivity contribution in [2.24, 2.45) is 0 Å². The van der Waals surface area contributed by atoms with E-state index >= 15 is 0 Å². The molecule has 0 aliphatic heterocycles. The molecule has 0 saturated carbocycles. The molecular formula is C15H31NaO4S. The summed E-state index contributed by atoms with van der Waals surface area (Å²) in [4.78, 5) is 0. The van der Waals surface area contributed by atoms with E-state index in [1.54, 1.807) is 0 Å². The Morgan fingerprint density at radius 2 is 1.29 bits per heavy atom. The second kappa shape index (κ2) is 14.5. The van der Waals surface area contributed by atoms with E-state index in [9.17, 15) is 18.1 Å². The minimum absolute atomic E-state index is 0. The molecule has 2 atom stereocenters. The van der Waals surface area contributed by atoms with Crippen LogP contribution in [0.2, 0.25) is 0 Å². The molecule has 6 heteroatoms. The molecule has 0 fully saturated rings. The van der Waals surface area contributed by atoms with Crippen LogP contribution in [0.25, 0.3) is 0 Å². The van der Waals surface area contributed by atoms with E-state index in [4.69, 9.17) is 0 Å². The van der Waals surface area contributed by atoms with Crippen LogP contribution in [-0.2, 0) is 10.1 Å². The van der Waals surface area contributed by atoms with Gasteiger partial charge in [0.15, 0.2) is 0 Å². The van der Waals surface area contributed by atoms with Gasteiger partial charge in [0, 0.05) is 5.25 Å². The smallest absolute Gasteiger partial charge is 0.748 e. The molecule has 0 aliphatic rings. The summed E-state index contributed by atoms with van der Waals surface area (Å²) in [5.74, 6) is 0. The number of hydrogen-bond donors (Lipinski definition) is 1. The maximum Gasteiger partial charge on any atom is 1.00 e. The summed E-state index contributed by atoms with van der Waals surface area (Å²) in [6.45, 7) is 4.12. The molecule has 21 heavy (non-hydrogen) atoms. The van der Waals surface area contributed by atoms with Crippen molar-refractivity contribution in [1.29, 1.82) is 0 Å². The van der Waals surface area contributed by atoms with Crippen molar-refractivity contribution in [1.82, 2.24) is 0 Å². The summed E-state index contributed by atoms with van der Waals surface area (Å²) in [7, 11) is -4.17. The monoisotopic (exact) mass is 330 g/mol. The second-order valence-electron chi connectivity index (χ2n) is 5.69. The van der Waals surface area contributed by atoms with E-state index in [0.717, 1.165) is 44.9 Å². The molecule has 0 aromatic carbocycles. The molecule has 0 spiro atoms. The molecule has 0 amide bonds. The topological polar surface area (TPSA) is 77.4 Å². The summed E-state index contributed by atoms with van der Waals surface area (Å²) in [5.41, 5.74) is 0. The predicted octanol–water partition coefficient (Wildman–Crippen LogP) is 0.596. The first-order valence-corrected chi connectivity index (χ1v) is 9.51. The molecule has 0 bridgehead atoms. The molecule has 122 valence electrons. The largest absolute Gasteiger partial charge is 1.00 e. The number of rotatable bonds is 13. The molecule has 0 aromatic heterocycles. The van der Waals surface area contributed by atoms with Crippen molar-refractivity contribution >= 4 is 10.1 Å². The first-order valence-electron chi connectivity index (χ1n) is 8.04. The van der Waals surface area contributed by atoms with Crippen LogP contribution in [0.1, 0.15) is 84.5 Å². The summed E-state index contributed by atoms with van der Waals surface area (Å²) in [5, 5.41) is 9.03. The fraction of sp³-hybridized carbons (Fsp3) is 1.00. The van der Waals surface area contributed by atoms with Gasteiger partial charge in [-0.25, -0.2) is 8.42 Å². The molecule has 2 unspecified atom stereocenters. The van der Waals surface area contributed by atoms with Gasteiger partial charge in [-0.05, 0) is 25.7 Å². The van der Waals surface area contributed by atoms with Crippen molar-refractivity contribution < 1.29 is 47.6 Å². The van der Waals surface area contributed by atoms with Gasteiger partial charge in [0.25, 0.3) is 0 Å². The Kier molecular flexibility index (Phi) is 16.6. The maximum atomic E-state index is 11.1. The average molecular weight is 330 g/mol. The van der Waals surface area contributed by atoms with Crippen LogP contribution >= 0.6 is 0 Å². The van der Waals surface area contributed by atoms with Crippen LogP contribution in [0, 0.1) is 0 Å². The standard InChI is InChI=1S/C15H32O4S.Na/c1-3-5-7-10-14(16)11-8-9-13-15(12-6-4-2)20(17,18)19;/h14-16H,3-13H2,1-2H3,(H,17,18,19);/q;+1/p-1. The van der Waals surface area contributed by atoms with Gasteiger partial charge >= 0.3 is 29.6 Å².